The monoisotopic (exact) mass is 251 g/mol. The van der Waals surface area contributed by atoms with E-state index >= 15 is 0 Å². The Morgan fingerprint density at radius 3 is 2.95 bits per heavy atom. The molecule has 2 aromatic rings. The number of benzene rings is 1. The molecule has 4 heteroatoms. The molecule has 1 heterocycles. The first kappa shape index (κ1) is 12.8. The minimum Gasteiger partial charge on any atom is -0.321 e. The first-order valence-electron chi connectivity index (χ1n) is 5.98. The van der Waals surface area contributed by atoms with E-state index in [0.29, 0.717) is 16.8 Å². The number of hydrogen-bond donors (Lipinski definition) is 1. The molecule has 0 bridgehead atoms. The second kappa shape index (κ2) is 5.78. The molecule has 0 saturated carbocycles. The van der Waals surface area contributed by atoms with Crippen LogP contribution in [0.25, 0.3) is 0 Å². The number of amides is 1. The number of nitrogens with one attached hydrogen (secondary N) is 1. The summed E-state index contributed by atoms with van der Waals surface area (Å²) in [6.45, 7) is 2.03. The molecule has 0 unspecified atom stereocenters. The molecule has 0 saturated heterocycles. The SMILES string of the molecule is CCc1cncc(NC(=O)c2cccc(C#N)c2)c1. The third-order valence-corrected chi connectivity index (χ3v) is 2.71. The smallest absolute Gasteiger partial charge is 0.255 e. The molecule has 1 N–H and O–H groups in total. The van der Waals surface area contributed by atoms with Crippen molar-refractivity contribution < 1.29 is 4.79 Å². The van der Waals surface area contributed by atoms with Crippen LogP contribution in [0, 0.1) is 11.3 Å². The Labute approximate surface area is 111 Å². The van der Waals surface area contributed by atoms with Crippen LogP contribution < -0.4 is 5.32 Å². The van der Waals surface area contributed by atoms with Crippen LogP contribution in [0.15, 0.2) is 42.7 Å². The van der Waals surface area contributed by atoms with Gasteiger partial charge in [0.1, 0.15) is 0 Å². The highest BCUT2D eigenvalue weighted by Crippen LogP contribution is 2.11. The molecule has 1 amide bonds. The molecule has 0 aliphatic heterocycles. The van der Waals surface area contributed by atoms with Gasteiger partial charge in [0.15, 0.2) is 0 Å². The Morgan fingerprint density at radius 1 is 1.37 bits per heavy atom. The van der Waals surface area contributed by atoms with Gasteiger partial charge in [0.05, 0.1) is 23.5 Å². The largest absolute Gasteiger partial charge is 0.321 e. The zero-order chi connectivity index (χ0) is 13.7. The third kappa shape index (κ3) is 3.17. The Balaban J connectivity index is 2.18. The summed E-state index contributed by atoms with van der Waals surface area (Å²) < 4.78 is 0. The fourth-order valence-electron chi connectivity index (χ4n) is 1.68. The van der Waals surface area contributed by atoms with Gasteiger partial charge in [-0.2, -0.15) is 5.26 Å². The van der Waals surface area contributed by atoms with Crippen molar-refractivity contribution >= 4 is 11.6 Å². The van der Waals surface area contributed by atoms with Crippen LogP contribution >= 0.6 is 0 Å². The first-order chi connectivity index (χ1) is 9.22. The van der Waals surface area contributed by atoms with Crippen LogP contribution in [0.3, 0.4) is 0 Å². The molecule has 0 fully saturated rings. The number of aromatic nitrogens is 1. The summed E-state index contributed by atoms with van der Waals surface area (Å²) in [5, 5.41) is 11.6. The minimum atomic E-state index is -0.243. The lowest BCUT2D eigenvalue weighted by atomic mass is 10.1. The Morgan fingerprint density at radius 2 is 2.21 bits per heavy atom. The lowest BCUT2D eigenvalue weighted by molar-refractivity contribution is 0.102. The van der Waals surface area contributed by atoms with Crippen molar-refractivity contribution in [3.63, 3.8) is 0 Å². The van der Waals surface area contributed by atoms with Crippen molar-refractivity contribution in [3.05, 3.63) is 59.4 Å². The van der Waals surface area contributed by atoms with E-state index in [2.05, 4.69) is 10.3 Å². The fourth-order valence-corrected chi connectivity index (χ4v) is 1.68. The van der Waals surface area contributed by atoms with E-state index in [0.717, 1.165) is 12.0 Å². The predicted molar refractivity (Wildman–Crippen MR) is 72.7 cm³/mol. The number of carbonyl (C=O) groups is 1. The van der Waals surface area contributed by atoms with Gasteiger partial charge in [-0.3, -0.25) is 9.78 Å². The normalized spacial score (nSPS) is 9.68. The molecule has 94 valence electrons. The third-order valence-electron chi connectivity index (χ3n) is 2.71. The number of rotatable bonds is 3. The average Bonchev–Trinajstić information content (AvgIpc) is 2.47. The number of pyridine rings is 1. The van der Waals surface area contributed by atoms with E-state index in [1.165, 1.54) is 0 Å². The van der Waals surface area contributed by atoms with Crippen LogP contribution in [-0.4, -0.2) is 10.9 Å². The second-order valence-electron chi connectivity index (χ2n) is 4.08. The standard InChI is InChI=1S/C15H13N3O/c1-2-11-7-14(10-17-9-11)18-15(19)13-5-3-4-12(6-13)8-16/h3-7,9-10H,2H2,1H3,(H,18,19). The molecule has 19 heavy (non-hydrogen) atoms. The highest BCUT2D eigenvalue weighted by molar-refractivity contribution is 6.04. The molecule has 4 nitrogen and oxygen atoms in total. The van der Waals surface area contributed by atoms with Crippen molar-refractivity contribution in [3.8, 4) is 6.07 Å². The molecule has 0 atom stereocenters. The van der Waals surface area contributed by atoms with Gasteiger partial charge < -0.3 is 5.32 Å². The quantitative estimate of drug-likeness (QED) is 0.912. The van der Waals surface area contributed by atoms with Crippen LogP contribution in [0.4, 0.5) is 5.69 Å². The average molecular weight is 251 g/mol. The fraction of sp³-hybridized carbons (Fsp3) is 0.133. The molecule has 0 spiro atoms. The molecule has 1 aromatic carbocycles. The van der Waals surface area contributed by atoms with Crippen LogP contribution in [-0.2, 0) is 6.42 Å². The topological polar surface area (TPSA) is 65.8 Å². The highest BCUT2D eigenvalue weighted by Gasteiger charge is 2.07. The summed E-state index contributed by atoms with van der Waals surface area (Å²) in [4.78, 5) is 16.1. The number of nitrogens with zero attached hydrogens (tertiary/aromatic N) is 2. The molecule has 1 aromatic heterocycles. The van der Waals surface area contributed by atoms with Crippen molar-refractivity contribution in [2.24, 2.45) is 0 Å². The van der Waals surface area contributed by atoms with Crippen LogP contribution in [0.2, 0.25) is 0 Å². The van der Waals surface area contributed by atoms with Gasteiger partial charge in [-0.05, 0) is 36.2 Å². The Kier molecular flexibility index (Phi) is 3.89. The predicted octanol–water partition coefficient (Wildman–Crippen LogP) is 2.77. The van der Waals surface area contributed by atoms with E-state index in [1.54, 1.807) is 36.7 Å². The number of aryl methyl sites for hydroxylation is 1. The number of anilines is 1. The van der Waals surface area contributed by atoms with E-state index in [4.69, 9.17) is 5.26 Å². The van der Waals surface area contributed by atoms with Gasteiger partial charge >= 0.3 is 0 Å². The summed E-state index contributed by atoms with van der Waals surface area (Å²) in [6, 6.07) is 10.5. The summed E-state index contributed by atoms with van der Waals surface area (Å²) in [5.41, 5.74) is 2.64. The van der Waals surface area contributed by atoms with Gasteiger partial charge in [0.2, 0.25) is 0 Å². The van der Waals surface area contributed by atoms with Crippen molar-refractivity contribution in [2.45, 2.75) is 13.3 Å². The summed E-state index contributed by atoms with van der Waals surface area (Å²) in [7, 11) is 0. The van der Waals surface area contributed by atoms with Crippen molar-refractivity contribution in [1.29, 1.82) is 5.26 Å². The van der Waals surface area contributed by atoms with Crippen LogP contribution in [0.1, 0.15) is 28.4 Å². The van der Waals surface area contributed by atoms with Crippen LogP contribution in [0.5, 0.6) is 0 Å². The molecular formula is C15H13N3O. The summed E-state index contributed by atoms with van der Waals surface area (Å²) >= 11 is 0. The maximum atomic E-state index is 12.0. The molecular weight excluding hydrogens is 238 g/mol. The summed E-state index contributed by atoms with van der Waals surface area (Å²) in [6.07, 6.45) is 4.23. The van der Waals surface area contributed by atoms with Crippen molar-refractivity contribution in [1.82, 2.24) is 4.98 Å². The first-order valence-corrected chi connectivity index (χ1v) is 5.98. The number of nitriles is 1. The van der Waals surface area contributed by atoms with Gasteiger partial charge in [-0.25, -0.2) is 0 Å². The molecule has 2 rings (SSSR count). The molecule has 0 aliphatic carbocycles. The number of hydrogen-bond acceptors (Lipinski definition) is 3. The van der Waals surface area contributed by atoms with E-state index in [1.807, 2.05) is 19.1 Å². The van der Waals surface area contributed by atoms with E-state index in [-0.39, 0.29) is 5.91 Å². The Hall–Kier alpha value is -2.67. The highest BCUT2D eigenvalue weighted by atomic mass is 16.1. The molecule has 0 radical (unpaired) electrons. The maximum absolute atomic E-state index is 12.0. The van der Waals surface area contributed by atoms with Gasteiger partial charge in [0, 0.05) is 11.8 Å². The van der Waals surface area contributed by atoms with E-state index in [9.17, 15) is 4.79 Å². The number of carbonyl (C=O) groups excluding carboxylic acids is 1. The van der Waals surface area contributed by atoms with Gasteiger partial charge in [0.25, 0.3) is 5.91 Å². The zero-order valence-electron chi connectivity index (χ0n) is 10.6. The lowest BCUT2D eigenvalue weighted by Gasteiger charge is -2.06. The lowest BCUT2D eigenvalue weighted by Crippen LogP contribution is -2.12. The maximum Gasteiger partial charge on any atom is 0.255 e. The summed E-state index contributed by atoms with van der Waals surface area (Å²) in [5.74, 6) is -0.243. The van der Waals surface area contributed by atoms with Gasteiger partial charge in [-0.1, -0.05) is 13.0 Å². The second-order valence-corrected chi connectivity index (χ2v) is 4.08. The molecule has 0 aliphatic rings. The zero-order valence-corrected chi connectivity index (χ0v) is 10.6. The van der Waals surface area contributed by atoms with E-state index < -0.39 is 0 Å². The Bertz CT molecular complexity index is 644. The van der Waals surface area contributed by atoms with Crippen molar-refractivity contribution in [2.75, 3.05) is 5.32 Å². The van der Waals surface area contributed by atoms with Gasteiger partial charge in [-0.15, -0.1) is 0 Å². The minimum absolute atomic E-state index is 0.243.